The van der Waals surface area contributed by atoms with Crippen molar-refractivity contribution < 1.29 is 22.7 Å². The van der Waals surface area contributed by atoms with Crippen LogP contribution in [0.2, 0.25) is 0 Å². The Hall–Kier alpha value is -1.74. The molecule has 0 spiro atoms. The van der Waals surface area contributed by atoms with Crippen LogP contribution in [0.5, 0.6) is 5.75 Å². The van der Waals surface area contributed by atoms with E-state index in [4.69, 9.17) is 4.74 Å². The standard InChI is InChI=1S/C15H20N2O5S2/c1-2-22-12-3-5-13(6-4-12)23-9-14(18)16-17-15(19)11-7-8-24(20,21)10-11/h3-6,11H,2,7-10H2,1H3,(H,16,18)(H,17,19)/t11-/m1/s1. The lowest BCUT2D eigenvalue weighted by Gasteiger charge is -2.10. The number of amides is 2. The van der Waals surface area contributed by atoms with Gasteiger partial charge in [-0.2, -0.15) is 0 Å². The van der Waals surface area contributed by atoms with Crippen molar-refractivity contribution in [2.75, 3.05) is 23.9 Å². The van der Waals surface area contributed by atoms with Crippen LogP contribution in [0.4, 0.5) is 0 Å². The number of nitrogens with one attached hydrogen (secondary N) is 2. The van der Waals surface area contributed by atoms with E-state index in [1.807, 2.05) is 31.2 Å². The van der Waals surface area contributed by atoms with E-state index >= 15 is 0 Å². The summed E-state index contributed by atoms with van der Waals surface area (Å²) in [6.45, 7) is 2.50. The van der Waals surface area contributed by atoms with Gasteiger partial charge in [-0.05, 0) is 37.6 Å². The molecule has 0 bridgehead atoms. The van der Waals surface area contributed by atoms with Crippen LogP contribution in [0, 0.1) is 5.92 Å². The molecule has 1 atom stereocenters. The third kappa shape index (κ3) is 5.72. The fourth-order valence-corrected chi connectivity index (χ4v) is 4.66. The number of hydrazine groups is 1. The Bertz CT molecular complexity index is 688. The molecule has 0 saturated carbocycles. The van der Waals surface area contributed by atoms with Gasteiger partial charge in [0.2, 0.25) is 11.8 Å². The largest absolute Gasteiger partial charge is 0.494 e. The summed E-state index contributed by atoms with van der Waals surface area (Å²) >= 11 is 1.32. The molecule has 1 aliphatic heterocycles. The number of sulfone groups is 1. The Morgan fingerprint density at radius 2 is 1.96 bits per heavy atom. The molecule has 1 heterocycles. The summed E-state index contributed by atoms with van der Waals surface area (Å²) in [6, 6.07) is 7.36. The molecule has 0 aliphatic carbocycles. The molecule has 1 aromatic rings. The molecule has 2 amide bonds. The molecular formula is C15H20N2O5S2. The molecule has 2 N–H and O–H groups in total. The molecule has 1 aliphatic rings. The van der Waals surface area contributed by atoms with E-state index < -0.39 is 21.7 Å². The molecule has 0 aromatic heterocycles. The van der Waals surface area contributed by atoms with Crippen LogP contribution in [0.1, 0.15) is 13.3 Å². The summed E-state index contributed by atoms with van der Waals surface area (Å²) in [5.41, 5.74) is 4.60. The topological polar surface area (TPSA) is 102 Å². The van der Waals surface area contributed by atoms with Gasteiger partial charge in [0.15, 0.2) is 9.84 Å². The van der Waals surface area contributed by atoms with Crippen molar-refractivity contribution >= 4 is 33.4 Å². The van der Waals surface area contributed by atoms with Crippen molar-refractivity contribution in [1.82, 2.24) is 10.9 Å². The highest BCUT2D eigenvalue weighted by atomic mass is 32.2. The van der Waals surface area contributed by atoms with Crippen LogP contribution in [0.25, 0.3) is 0 Å². The van der Waals surface area contributed by atoms with Crippen LogP contribution < -0.4 is 15.6 Å². The van der Waals surface area contributed by atoms with Crippen LogP contribution >= 0.6 is 11.8 Å². The summed E-state index contributed by atoms with van der Waals surface area (Å²) < 4.78 is 28.0. The Kier molecular flexibility index (Phi) is 6.50. The first-order valence-corrected chi connectivity index (χ1v) is 10.3. The molecule has 24 heavy (non-hydrogen) atoms. The molecule has 0 unspecified atom stereocenters. The van der Waals surface area contributed by atoms with Crippen molar-refractivity contribution in [1.29, 1.82) is 0 Å². The molecular weight excluding hydrogens is 352 g/mol. The maximum absolute atomic E-state index is 11.8. The highest BCUT2D eigenvalue weighted by Gasteiger charge is 2.33. The number of rotatable bonds is 6. The van der Waals surface area contributed by atoms with Crippen molar-refractivity contribution in [3.63, 3.8) is 0 Å². The Labute approximate surface area is 145 Å². The van der Waals surface area contributed by atoms with Crippen LogP contribution in [-0.4, -0.2) is 44.1 Å². The average Bonchev–Trinajstić information content (AvgIpc) is 2.92. The molecule has 1 saturated heterocycles. The van der Waals surface area contributed by atoms with E-state index in [1.165, 1.54) is 11.8 Å². The molecule has 1 fully saturated rings. The minimum absolute atomic E-state index is 0.0205. The van der Waals surface area contributed by atoms with Crippen molar-refractivity contribution in [3.8, 4) is 5.75 Å². The minimum atomic E-state index is -3.12. The van der Waals surface area contributed by atoms with Gasteiger partial charge < -0.3 is 4.74 Å². The summed E-state index contributed by atoms with van der Waals surface area (Å²) in [5.74, 6) is -0.642. The second-order valence-electron chi connectivity index (χ2n) is 5.33. The van der Waals surface area contributed by atoms with Crippen molar-refractivity contribution in [2.45, 2.75) is 18.2 Å². The first kappa shape index (κ1) is 18.6. The lowest BCUT2D eigenvalue weighted by atomic mass is 10.1. The Balaban J connectivity index is 1.70. The fraction of sp³-hybridized carbons (Fsp3) is 0.467. The van der Waals surface area contributed by atoms with Gasteiger partial charge in [-0.15, -0.1) is 11.8 Å². The number of hydrogen-bond acceptors (Lipinski definition) is 6. The second kappa shape index (κ2) is 8.39. The van der Waals surface area contributed by atoms with Gasteiger partial charge in [-0.1, -0.05) is 0 Å². The zero-order chi connectivity index (χ0) is 17.6. The predicted octanol–water partition coefficient (Wildman–Crippen LogP) is 0.759. The lowest BCUT2D eigenvalue weighted by molar-refractivity contribution is -0.129. The number of benzene rings is 1. The van der Waals surface area contributed by atoms with Gasteiger partial charge in [0.1, 0.15) is 5.75 Å². The summed E-state index contributed by atoms with van der Waals surface area (Å²) in [5, 5.41) is 0. The third-order valence-corrected chi connectivity index (χ3v) is 6.21. The zero-order valence-electron chi connectivity index (χ0n) is 13.3. The molecule has 7 nitrogen and oxygen atoms in total. The van der Waals surface area contributed by atoms with Gasteiger partial charge >= 0.3 is 0 Å². The van der Waals surface area contributed by atoms with Crippen LogP contribution in [0.3, 0.4) is 0 Å². The number of ether oxygens (including phenoxy) is 1. The molecule has 0 radical (unpaired) electrons. The lowest BCUT2D eigenvalue weighted by Crippen LogP contribution is -2.45. The summed E-state index contributed by atoms with van der Waals surface area (Å²) in [7, 11) is -3.12. The van der Waals surface area contributed by atoms with E-state index in [0.717, 1.165) is 10.6 Å². The summed E-state index contributed by atoms with van der Waals surface area (Å²) in [6.07, 6.45) is 0.297. The summed E-state index contributed by atoms with van der Waals surface area (Å²) in [4.78, 5) is 24.4. The van der Waals surface area contributed by atoms with E-state index in [2.05, 4.69) is 10.9 Å². The number of thioether (sulfide) groups is 1. The average molecular weight is 372 g/mol. The molecule has 132 valence electrons. The Morgan fingerprint density at radius 1 is 1.25 bits per heavy atom. The SMILES string of the molecule is CCOc1ccc(SCC(=O)NNC(=O)[C@@H]2CCS(=O)(=O)C2)cc1. The molecule has 9 heteroatoms. The normalized spacial score (nSPS) is 18.8. The second-order valence-corrected chi connectivity index (χ2v) is 8.61. The minimum Gasteiger partial charge on any atom is -0.494 e. The maximum atomic E-state index is 11.8. The van der Waals surface area contributed by atoms with Gasteiger partial charge in [0, 0.05) is 4.90 Å². The third-order valence-electron chi connectivity index (χ3n) is 3.43. The first-order valence-electron chi connectivity index (χ1n) is 7.54. The van der Waals surface area contributed by atoms with Crippen molar-refractivity contribution in [3.05, 3.63) is 24.3 Å². The van der Waals surface area contributed by atoms with Crippen molar-refractivity contribution in [2.24, 2.45) is 5.92 Å². The quantitative estimate of drug-likeness (QED) is 0.565. The monoisotopic (exact) mass is 372 g/mol. The zero-order valence-corrected chi connectivity index (χ0v) is 14.9. The number of carbonyl (C=O) groups is 2. The predicted molar refractivity (Wildman–Crippen MR) is 91.4 cm³/mol. The van der Waals surface area contributed by atoms with Gasteiger partial charge in [-0.25, -0.2) is 8.42 Å². The van der Waals surface area contributed by atoms with E-state index in [0.29, 0.717) is 13.0 Å². The van der Waals surface area contributed by atoms with E-state index in [-0.39, 0.29) is 23.2 Å². The Morgan fingerprint density at radius 3 is 2.54 bits per heavy atom. The number of carbonyl (C=O) groups excluding carboxylic acids is 2. The van der Waals surface area contributed by atoms with Gasteiger partial charge in [-0.3, -0.25) is 20.4 Å². The highest BCUT2D eigenvalue weighted by Crippen LogP contribution is 2.21. The number of hydrogen-bond donors (Lipinski definition) is 2. The smallest absolute Gasteiger partial charge is 0.248 e. The first-order chi connectivity index (χ1) is 11.4. The van der Waals surface area contributed by atoms with Gasteiger partial charge in [0.05, 0.1) is 29.8 Å². The molecule has 1 aromatic carbocycles. The van der Waals surface area contributed by atoms with E-state index in [1.54, 1.807) is 0 Å². The highest BCUT2D eigenvalue weighted by molar-refractivity contribution is 8.00. The van der Waals surface area contributed by atoms with Gasteiger partial charge in [0.25, 0.3) is 0 Å². The maximum Gasteiger partial charge on any atom is 0.248 e. The van der Waals surface area contributed by atoms with E-state index in [9.17, 15) is 18.0 Å². The fourth-order valence-electron chi connectivity index (χ4n) is 2.22. The van der Waals surface area contributed by atoms with Crippen LogP contribution in [-0.2, 0) is 19.4 Å². The van der Waals surface area contributed by atoms with Crippen LogP contribution in [0.15, 0.2) is 29.2 Å². The molecule has 2 rings (SSSR count).